The molecule has 0 aliphatic rings. The summed E-state index contributed by atoms with van der Waals surface area (Å²) in [6.45, 7) is 3.97. The molecule has 0 fully saturated rings. The summed E-state index contributed by atoms with van der Waals surface area (Å²) in [5.74, 6) is -0.715. The van der Waals surface area contributed by atoms with Crippen LogP contribution in [0, 0.1) is 19.7 Å². The maximum Gasteiger partial charge on any atom is 0.169 e. The third-order valence-corrected chi connectivity index (χ3v) is 3.00. The second-order valence-electron chi connectivity index (χ2n) is 4.80. The van der Waals surface area contributed by atoms with Gasteiger partial charge < -0.3 is 5.73 Å². The predicted molar refractivity (Wildman–Crippen MR) is 74.8 cm³/mol. The van der Waals surface area contributed by atoms with Crippen LogP contribution in [0.4, 0.5) is 10.1 Å². The Morgan fingerprint density at radius 1 is 1.16 bits per heavy atom. The minimum atomic E-state index is -0.550. The molecule has 2 rings (SSSR count). The lowest BCUT2D eigenvalue weighted by Gasteiger charge is -2.07. The molecule has 0 aliphatic heterocycles. The van der Waals surface area contributed by atoms with E-state index in [9.17, 15) is 9.18 Å². The summed E-state index contributed by atoms with van der Waals surface area (Å²) >= 11 is 0. The molecule has 3 heteroatoms. The number of hydrogen-bond donors (Lipinski definition) is 1. The normalized spacial score (nSPS) is 10.5. The molecular weight excluding hydrogens is 241 g/mol. The minimum Gasteiger partial charge on any atom is -0.396 e. The van der Waals surface area contributed by atoms with Crippen LogP contribution in [-0.2, 0) is 6.42 Å². The average Bonchev–Trinajstić information content (AvgIpc) is 2.31. The SMILES string of the molecule is Cc1cc(C)cc(CC(=O)c2cccc(F)c2N)c1. The molecule has 0 bridgehead atoms. The van der Waals surface area contributed by atoms with E-state index in [4.69, 9.17) is 5.73 Å². The molecule has 2 aromatic carbocycles. The van der Waals surface area contributed by atoms with Crippen LogP contribution in [0.15, 0.2) is 36.4 Å². The second-order valence-corrected chi connectivity index (χ2v) is 4.80. The summed E-state index contributed by atoms with van der Waals surface area (Å²) in [6, 6.07) is 10.3. The van der Waals surface area contributed by atoms with Gasteiger partial charge in [0.15, 0.2) is 5.78 Å². The molecule has 2 nitrogen and oxygen atoms in total. The maximum absolute atomic E-state index is 13.3. The Kier molecular flexibility index (Phi) is 3.65. The van der Waals surface area contributed by atoms with Crippen LogP contribution in [0.1, 0.15) is 27.0 Å². The number of hydrogen-bond acceptors (Lipinski definition) is 2. The van der Waals surface area contributed by atoms with Crippen LogP contribution >= 0.6 is 0 Å². The first-order chi connectivity index (χ1) is 8.97. The lowest BCUT2D eigenvalue weighted by Crippen LogP contribution is -2.08. The van der Waals surface area contributed by atoms with Crippen molar-refractivity contribution >= 4 is 11.5 Å². The van der Waals surface area contributed by atoms with Gasteiger partial charge in [-0.15, -0.1) is 0 Å². The van der Waals surface area contributed by atoms with E-state index >= 15 is 0 Å². The molecule has 0 heterocycles. The topological polar surface area (TPSA) is 43.1 Å². The van der Waals surface area contributed by atoms with Crippen LogP contribution < -0.4 is 5.73 Å². The largest absolute Gasteiger partial charge is 0.396 e. The highest BCUT2D eigenvalue weighted by atomic mass is 19.1. The number of nitrogen functional groups attached to an aromatic ring is 1. The van der Waals surface area contributed by atoms with Gasteiger partial charge in [0.25, 0.3) is 0 Å². The van der Waals surface area contributed by atoms with Gasteiger partial charge in [-0.1, -0.05) is 35.4 Å². The van der Waals surface area contributed by atoms with Crippen molar-refractivity contribution < 1.29 is 9.18 Å². The lowest BCUT2D eigenvalue weighted by atomic mass is 9.99. The van der Waals surface area contributed by atoms with Gasteiger partial charge in [-0.2, -0.15) is 0 Å². The maximum atomic E-state index is 13.3. The van der Waals surface area contributed by atoms with Gasteiger partial charge in [0, 0.05) is 12.0 Å². The molecule has 0 aliphatic carbocycles. The van der Waals surface area contributed by atoms with Gasteiger partial charge in [0.1, 0.15) is 5.82 Å². The number of anilines is 1. The molecular formula is C16H16FNO. The first-order valence-electron chi connectivity index (χ1n) is 6.11. The summed E-state index contributed by atoms with van der Waals surface area (Å²) in [5, 5.41) is 0. The van der Waals surface area contributed by atoms with Crippen LogP contribution in [0.5, 0.6) is 0 Å². The quantitative estimate of drug-likeness (QED) is 0.676. The number of Topliss-reactive ketones (excluding diaryl/α,β-unsaturated/α-hetero) is 1. The van der Waals surface area contributed by atoms with Crippen molar-refractivity contribution in [1.82, 2.24) is 0 Å². The van der Waals surface area contributed by atoms with E-state index in [1.54, 1.807) is 6.07 Å². The second kappa shape index (κ2) is 5.22. The molecule has 2 aromatic rings. The molecule has 0 spiro atoms. The molecule has 0 saturated heterocycles. The van der Waals surface area contributed by atoms with Crippen LogP contribution in [-0.4, -0.2) is 5.78 Å². The summed E-state index contributed by atoms with van der Waals surface area (Å²) in [5.41, 5.74) is 8.91. The van der Waals surface area contributed by atoms with Crippen molar-refractivity contribution in [2.24, 2.45) is 0 Å². The summed E-state index contributed by atoms with van der Waals surface area (Å²) in [7, 11) is 0. The molecule has 0 radical (unpaired) electrons. The third kappa shape index (κ3) is 2.99. The monoisotopic (exact) mass is 257 g/mol. The molecule has 0 amide bonds. The van der Waals surface area contributed by atoms with Gasteiger partial charge in [0.2, 0.25) is 0 Å². The number of ketones is 1. The highest BCUT2D eigenvalue weighted by molar-refractivity contribution is 6.02. The van der Waals surface area contributed by atoms with Gasteiger partial charge in [0.05, 0.1) is 5.69 Å². The van der Waals surface area contributed by atoms with E-state index < -0.39 is 5.82 Å². The smallest absolute Gasteiger partial charge is 0.169 e. The van der Waals surface area contributed by atoms with Crippen molar-refractivity contribution in [3.8, 4) is 0 Å². The lowest BCUT2D eigenvalue weighted by molar-refractivity contribution is 0.0993. The minimum absolute atomic E-state index is 0.0723. The summed E-state index contributed by atoms with van der Waals surface area (Å²) < 4.78 is 13.3. The Morgan fingerprint density at radius 2 is 1.79 bits per heavy atom. The Bertz CT molecular complexity index is 614. The van der Waals surface area contributed by atoms with Crippen LogP contribution in [0.3, 0.4) is 0 Å². The van der Waals surface area contributed by atoms with Crippen molar-refractivity contribution in [2.75, 3.05) is 5.73 Å². The zero-order valence-corrected chi connectivity index (χ0v) is 11.0. The van der Waals surface area contributed by atoms with Gasteiger partial charge >= 0.3 is 0 Å². The van der Waals surface area contributed by atoms with E-state index in [2.05, 4.69) is 0 Å². The summed E-state index contributed by atoms with van der Waals surface area (Å²) in [6.07, 6.45) is 0.232. The molecule has 19 heavy (non-hydrogen) atoms. The average molecular weight is 257 g/mol. The fraction of sp³-hybridized carbons (Fsp3) is 0.188. The van der Waals surface area contributed by atoms with Crippen molar-refractivity contribution in [3.63, 3.8) is 0 Å². The number of carbonyl (C=O) groups is 1. The van der Waals surface area contributed by atoms with Crippen LogP contribution in [0.25, 0.3) is 0 Å². The van der Waals surface area contributed by atoms with Crippen molar-refractivity contribution in [1.29, 1.82) is 0 Å². The third-order valence-electron chi connectivity index (χ3n) is 3.00. The van der Waals surface area contributed by atoms with E-state index in [1.807, 2.05) is 32.0 Å². The number of carbonyl (C=O) groups excluding carboxylic acids is 1. The fourth-order valence-corrected chi connectivity index (χ4v) is 2.23. The van der Waals surface area contributed by atoms with E-state index in [0.29, 0.717) is 0 Å². The number of nitrogens with two attached hydrogens (primary N) is 1. The zero-order chi connectivity index (χ0) is 14.0. The molecule has 0 aromatic heterocycles. The standard InChI is InChI=1S/C16H16FNO/c1-10-6-11(2)8-12(7-10)9-15(19)13-4-3-5-14(17)16(13)18/h3-8H,9,18H2,1-2H3. The number of rotatable bonds is 3. The first kappa shape index (κ1) is 13.3. The van der Waals surface area contributed by atoms with Gasteiger partial charge in [-0.05, 0) is 31.5 Å². The fourth-order valence-electron chi connectivity index (χ4n) is 2.23. The van der Waals surface area contributed by atoms with E-state index in [-0.39, 0.29) is 23.5 Å². The van der Waals surface area contributed by atoms with Crippen molar-refractivity contribution in [2.45, 2.75) is 20.3 Å². The highest BCUT2D eigenvalue weighted by Crippen LogP contribution is 2.19. The number of benzene rings is 2. The first-order valence-corrected chi connectivity index (χ1v) is 6.11. The number of aryl methyl sites for hydroxylation is 2. The molecule has 0 unspecified atom stereocenters. The molecule has 0 saturated carbocycles. The van der Waals surface area contributed by atoms with E-state index in [1.165, 1.54) is 12.1 Å². The number of halogens is 1. The van der Waals surface area contributed by atoms with E-state index in [0.717, 1.165) is 16.7 Å². The number of para-hydroxylation sites is 1. The molecule has 0 atom stereocenters. The summed E-state index contributed by atoms with van der Waals surface area (Å²) in [4.78, 5) is 12.2. The Hall–Kier alpha value is -2.16. The predicted octanol–water partition coefficient (Wildman–Crippen LogP) is 3.45. The Morgan fingerprint density at radius 3 is 2.42 bits per heavy atom. The Balaban J connectivity index is 2.28. The zero-order valence-electron chi connectivity index (χ0n) is 11.0. The highest BCUT2D eigenvalue weighted by Gasteiger charge is 2.13. The van der Waals surface area contributed by atoms with Gasteiger partial charge in [-0.3, -0.25) is 4.79 Å². The van der Waals surface area contributed by atoms with Crippen LogP contribution in [0.2, 0.25) is 0 Å². The molecule has 98 valence electrons. The van der Waals surface area contributed by atoms with Gasteiger partial charge in [-0.25, -0.2) is 4.39 Å². The molecule has 2 N–H and O–H groups in total. The van der Waals surface area contributed by atoms with Crippen molar-refractivity contribution in [3.05, 3.63) is 64.5 Å². The Labute approximate surface area is 112 Å².